The van der Waals surface area contributed by atoms with Crippen LogP contribution in [0.15, 0.2) is 0 Å². The third kappa shape index (κ3) is 52.4. The molecule has 0 spiro atoms. The van der Waals surface area contributed by atoms with Crippen molar-refractivity contribution in [1.29, 1.82) is 0 Å². The smallest absolute Gasteiger partial charge is 0.299 e. The van der Waals surface area contributed by atoms with Crippen LogP contribution >= 0.6 is 0 Å². The van der Waals surface area contributed by atoms with Crippen LogP contribution < -0.4 is 0 Å². The summed E-state index contributed by atoms with van der Waals surface area (Å²) in [6.07, 6.45) is 2.19. The summed E-state index contributed by atoms with van der Waals surface area (Å²) >= 11 is -2.61. The highest BCUT2D eigenvalue weighted by molar-refractivity contribution is 7.73. The molecular weight excluding hydrogens is 160 g/mol. The Morgan fingerprint density at radius 2 is 1.30 bits per heavy atom. The number of hydrogen-bond donors (Lipinski definition) is 2. The van der Waals surface area contributed by atoms with Gasteiger partial charge in [0, 0.05) is 12.8 Å². The number of carbonyl (C=O) groups excluding carboxylic acids is 2. The Labute approximate surface area is 60.5 Å². The molecule has 0 atom stereocenters. The van der Waals surface area contributed by atoms with Crippen LogP contribution in [0, 0.1) is 0 Å². The van der Waals surface area contributed by atoms with Crippen LogP contribution in [0.1, 0.15) is 12.8 Å². The van der Waals surface area contributed by atoms with Crippen LogP contribution in [-0.2, 0) is 21.0 Å². The molecule has 60 valence electrons. The van der Waals surface area contributed by atoms with Gasteiger partial charge in [0.25, 0.3) is 11.4 Å². The Kier molecular flexibility index (Phi) is 13.6. The van der Waals surface area contributed by atoms with Gasteiger partial charge in [0.1, 0.15) is 12.6 Å². The van der Waals surface area contributed by atoms with E-state index in [1.165, 1.54) is 0 Å². The second-order valence-corrected chi connectivity index (χ2v) is 1.60. The Morgan fingerprint density at radius 3 is 1.40 bits per heavy atom. The van der Waals surface area contributed by atoms with Crippen molar-refractivity contribution >= 4 is 23.9 Å². The van der Waals surface area contributed by atoms with Gasteiger partial charge in [0.15, 0.2) is 0 Å². The van der Waals surface area contributed by atoms with Crippen LogP contribution in [0.2, 0.25) is 0 Å². The zero-order valence-corrected chi connectivity index (χ0v) is 5.91. The highest BCUT2D eigenvalue weighted by Crippen LogP contribution is 1.72. The van der Waals surface area contributed by atoms with Crippen LogP contribution in [-0.4, -0.2) is 25.9 Å². The van der Waals surface area contributed by atoms with Gasteiger partial charge in [-0.3, -0.25) is 9.11 Å². The van der Waals surface area contributed by atoms with E-state index < -0.39 is 11.4 Å². The van der Waals surface area contributed by atoms with E-state index in [0.717, 1.165) is 12.6 Å². The van der Waals surface area contributed by atoms with Crippen molar-refractivity contribution in [1.82, 2.24) is 0 Å². The average molecular weight is 168 g/mol. The molecule has 0 radical (unpaired) electrons. The molecule has 0 aliphatic heterocycles. The molecule has 0 aliphatic carbocycles. The summed E-state index contributed by atoms with van der Waals surface area (Å²) < 4.78 is 22.8. The van der Waals surface area contributed by atoms with Gasteiger partial charge in [0.2, 0.25) is 0 Å². The number of unbranched alkanes of at least 4 members (excludes halogenated alkanes) is 1. The van der Waals surface area contributed by atoms with Crippen LogP contribution in [0.25, 0.3) is 0 Å². The first-order valence-electron chi connectivity index (χ1n) is 2.32. The maximum Gasteiger partial charge on any atom is 0.299 e. The first-order valence-corrected chi connectivity index (χ1v) is 3.38. The molecule has 0 aromatic rings. The van der Waals surface area contributed by atoms with Gasteiger partial charge in [-0.15, -0.1) is 0 Å². The van der Waals surface area contributed by atoms with Crippen molar-refractivity contribution in [3.05, 3.63) is 0 Å². The molecule has 0 unspecified atom stereocenters. The number of aldehydes is 2. The van der Waals surface area contributed by atoms with Crippen molar-refractivity contribution in [2.45, 2.75) is 12.8 Å². The fourth-order valence-electron chi connectivity index (χ4n) is 0.136. The highest BCUT2D eigenvalue weighted by atomic mass is 32.2. The normalized spacial score (nSPS) is 7.90. The second-order valence-electron chi connectivity index (χ2n) is 1.14. The first-order chi connectivity index (χ1) is 4.65. The third-order valence-corrected chi connectivity index (χ3v) is 0.402. The van der Waals surface area contributed by atoms with Crippen LogP contribution in [0.3, 0.4) is 0 Å². The maximum atomic E-state index is 9.40. The Morgan fingerprint density at radius 1 is 1.10 bits per heavy atom. The molecule has 5 nitrogen and oxygen atoms in total. The Balaban J connectivity index is 0. The summed E-state index contributed by atoms with van der Waals surface area (Å²) in [7, 11) is 0. The fourth-order valence-corrected chi connectivity index (χ4v) is 0.136. The minimum Gasteiger partial charge on any atom is -0.303 e. The summed E-state index contributed by atoms with van der Waals surface area (Å²) in [5.41, 5.74) is 0. The van der Waals surface area contributed by atoms with Crippen molar-refractivity contribution in [2.24, 2.45) is 0 Å². The molecule has 0 saturated carbocycles. The molecule has 6 heteroatoms. The van der Waals surface area contributed by atoms with Gasteiger partial charge in [-0.1, -0.05) is 0 Å². The van der Waals surface area contributed by atoms with E-state index in [9.17, 15) is 9.59 Å². The molecule has 0 aromatic carbocycles. The lowest BCUT2D eigenvalue weighted by molar-refractivity contribution is -0.112. The standard InChI is InChI=1S/C4H6O2.H2O3S/c5-3-1-2-4-6;1-4(2)3/h3-4H,1-2H2;(H2,1,2,3). The zero-order valence-electron chi connectivity index (χ0n) is 5.10. The molecule has 0 amide bonds. The molecule has 0 heterocycles. The van der Waals surface area contributed by atoms with Gasteiger partial charge in [0.05, 0.1) is 0 Å². The summed E-state index contributed by atoms with van der Waals surface area (Å²) in [5, 5.41) is 0. The van der Waals surface area contributed by atoms with E-state index in [1.54, 1.807) is 0 Å². The van der Waals surface area contributed by atoms with Crippen molar-refractivity contribution in [2.75, 3.05) is 0 Å². The lowest BCUT2D eigenvalue weighted by Crippen LogP contribution is -1.74. The largest absolute Gasteiger partial charge is 0.303 e. The first kappa shape index (κ1) is 12.1. The number of rotatable bonds is 3. The molecule has 0 aromatic heterocycles. The molecular formula is C4H8O5S. The minimum absolute atomic E-state index is 0.365. The summed E-state index contributed by atoms with van der Waals surface area (Å²) in [5.74, 6) is 0. The topological polar surface area (TPSA) is 91.7 Å². The molecule has 0 bridgehead atoms. The highest BCUT2D eigenvalue weighted by Gasteiger charge is 1.74. The molecule has 0 saturated heterocycles. The molecule has 0 fully saturated rings. The molecule has 10 heavy (non-hydrogen) atoms. The van der Waals surface area contributed by atoms with E-state index in [4.69, 9.17) is 13.3 Å². The SMILES string of the molecule is O=CCCC=O.O=S(O)O. The zero-order chi connectivity index (χ0) is 8.41. The molecule has 0 rings (SSSR count). The van der Waals surface area contributed by atoms with Gasteiger partial charge in [-0.05, 0) is 0 Å². The van der Waals surface area contributed by atoms with Gasteiger partial charge < -0.3 is 9.59 Å². The van der Waals surface area contributed by atoms with Crippen molar-refractivity contribution in [3.8, 4) is 0 Å². The summed E-state index contributed by atoms with van der Waals surface area (Å²) in [4.78, 5) is 18.8. The van der Waals surface area contributed by atoms with Crippen LogP contribution in [0.4, 0.5) is 0 Å². The number of hydrogen-bond acceptors (Lipinski definition) is 3. The van der Waals surface area contributed by atoms with Gasteiger partial charge >= 0.3 is 0 Å². The predicted octanol–water partition coefficient (Wildman–Crippen LogP) is -0.154. The van der Waals surface area contributed by atoms with E-state index in [-0.39, 0.29) is 0 Å². The third-order valence-electron chi connectivity index (χ3n) is 0.402. The maximum absolute atomic E-state index is 9.40. The summed E-state index contributed by atoms with van der Waals surface area (Å²) in [6, 6.07) is 0. The van der Waals surface area contributed by atoms with E-state index in [0.29, 0.717) is 12.8 Å². The predicted molar refractivity (Wildman–Crippen MR) is 34.8 cm³/mol. The van der Waals surface area contributed by atoms with Crippen molar-refractivity contribution < 1.29 is 22.9 Å². The minimum atomic E-state index is -2.61. The monoisotopic (exact) mass is 168 g/mol. The molecule has 0 aliphatic rings. The Hall–Kier alpha value is -0.590. The second kappa shape index (κ2) is 11.2. The average Bonchev–Trinajstić information content (AvgIpc) is 1.82. The quantitative estimate of drug-likeness (QED) is 0.347. The number of carbonyl (C=O) groups is 2. The van der Waals surface area contributed by atoms with E-state index >= 15 is 0 Å². The van der Waals surface area contributed by atoms with E-state index in [2.05, 4.69) is 0 Å². The molecule has 2 N–H and O–H groups in total. The van der Waals surface area contributed by atoms with Crippen LogP contribution in [0.5, 0.6) is 0 Å². The van der Waals surface area contributed by atoms with Gasteiger partial charge in [-0.25, -0.2) is 0 Å². The fraction of sp³-hybridized carbons (Fsp3) is 0.500. The van der Waals surface area contributed by atoms with Crippen molar-refractivity contribution in [3.63, 3.8) is 0 Å². The Bertz CT molecular complexity index is 100. The van der Waals surface area contributed by atoms with E-state index in [1.807, 2.05) is 0 Å². The lowest BCUT2D eigenvalue weighted by atomic mass is 10.4. The lowest BCUT2D eigenvalue weighted by Gasteiger charge is -1.68. The van der Waals surface area contributed by atoms with Gasteiger partial charge in [-0.2, -0.15) is 4.21 Å². The summed E-state index contributed by atoms with van der Waals surface area (Å²) in [6.45, 7) is 0.